The molecule has 0 bridgehead atoms. The van der Waals surface area contributed by atoms with Crippen molar-refractivity contribution in [2.24, 2.45) is 0 Å². The highest BCUT2D eigenvalue weighted by Gasteiger charge is 2.39. The predicted molar refractivity (Wildman–Crippen MR) is 73.4 cm³/mol. The largest absolute Gasteiger partial charge is 0.480 e. The van der Waals surface area contributed by atoms with Crippen molar-refractivity contribution in [2.45, 2.75) is 44.1 Å². The second-order valence-corrected chi connectivity index (χ2v) is 5.25. The Labute approximate surface area is 115 Å². The minimum absolute atomic E-state index is 0.511. The van der Waals surface area contributed by atoms with E-state index in [0.717, 1.165) is 25.7 Å². The van der Waals surface area contributed by atoms with E-state index in [4.69, 9.17) is 0 Å². The maximum absolute atomic E-state index is 11.8. The van der Waals surface area contributed by atoms with Gasteiger partial charge >= 0.3 is 5.97 Å². The number of imidazole rings is 1. The Balaban J connectivity index is 1.97. The van der Waals surface area contributed by atoms with Crippen molar-refractivity contribution in [1.29, 1.82) is 0 Å². The van der Waals surface area contributed by atoms with E-state index >= 15 is 0 Å². The number of carboxylic acid groups (broad SMARTS) is 1. The molecule has 1 aliphatic rings. The summed E-state index contributed by atoms with van der Waals surface area (Å²) in [6.45, 7) is 0. The van der Waals surface area contributed by atoms with E-state index < -0.39 is 11.5 Å². The second-order valence-electron chi connectivity index (χ2n) is 5.25. The van der Waals surface area contributed by atoms with Gasteiger partial charge in [0.1, 0.15) is 17.4 Å². The number of aromatic amines is 1. The molecule has 1 saturated carbocycles. The van der Waals surface area contributed by atoms with Crippen LogP contribution in [0.1, 0.15) is 38.5 Å². The van der Waals surface area contributed by atoms with E-state index in [0.29, 0.717) is 29.8 Å². The highest BCUT2D eigenvalue weighted by Crippen LogP contribution is 2.31. The number of carboxylic acids is 1. The van der Waals surface area contributed by atoms with Gasteiger partial charge in [0, 0.05) is 0 Å². The van der Waals surface area contributed by atoms with E-state index in [1.165, 1.54) is 12.7 Å². The third-order valence-electron chi connectivity index (χ3n) is 3.95. The Morgan fingerprint density at radius 3 is 2.65 bits per heavy atom. The van der Waals surface area contributed by atoms with Crippen LogP contribution in [0.4, 0.5) is 5.82 Å². The molecule has 1 aliphatic carbocycles. The molecule has 2 heterocycles. The van der Waals surface area contributed by atoms with E-state index in [1.807, 2.05) is 0 Å². The van der Waals surface area contributed by atoms with Crippen molar-refractivity contribution < 1.29 is 9.90 Å². The van der Waals surface area contributed by atoms with Crippen LogP contribution in [0.2, 0.25) is 0 Å². The fraction of sp³-hybridized carbons (Fsp3) is 0.538. The van der Waals surface area contributed by atoms with Crippen LogP contribution in [-0.4, -0.2) is 36.6 Å². The number of anilines is 1. The Morgan fingerprint density at radius 2 is 1.95 bits per heavy atom. The summed E-state index contributed by atoms with van der Waals surface area (Å²) in [7, 11) is 0. The normalized spacial score (nSPS) is 18.6. The van der Waals surface area contributed by atoms with Crippen LogP contribution >= 0.6 is 0 Å². The van der Waals surface area contributed by atoms with E-state index in [9.17, 15) is 9.90 Å². The topological polar surface area (TPSA) is 104 Å². The van der Waals surface area contributed by atoms with Crippen LogP contribution in [0.5, 0.6) is 0 Å². The summed E-state index contributed by atoms with van der Waals surface area (Å²) >= 11 is 0. The summed E-state index contributed by atoms with van der Waals surface area (Å²) in [5.74, 6) is -0.303. The molecule has 2 aromatic rings. The van der Waals surface area contributed by atoms with Crippen molar-refractivity contribution in [3.8, 4) is 0 Å². The number of carbonyl (C=O) groups is 1. The van der Waals surface area contributed by atoms with Crippen LogP contribution in [0.15, 0.2) is 12.7 Å². The van der Waals surface area contributed by atoms with Crippen LogP contribution in [-0.2, 0) is 4.79 Å². The Morgan fingerprint density at radius 1 is 1.20 bits per heavy atom. The minimum atomic E-state index is -0.942. The fourth-order valence-electron chi connectivity index (χ4n) is 2.81. The van der Waals surface area contributed by atoms with Crippen molar-refractivity contribution >= 4 is 23.0 Å². The molecule has 0 atom stereocenters. The van der Waals surface area contributed by atoms with Gasteiger partial charge in [-0.15, -0.1) is 0 Å². The number of hydrogen-bond donors (Lipinski definition) is 3. The highest BCUT2D eigenvalue weighted by molar-refractivity contribution is 5.88. The molecular weight excluding hydrogens is 258 g/mol. The number of aromatic nitrogens is 4. The smallest absolute Gasteiger partial charge is 0.329 e. The molecule has 0 radical (unpaired) electrons. The third kappa shape index (κ3) is 2.19. The van der Waals surface area contributed by atoms with Gasteiger partial charge in [0.15, 0.2) is 11.5 Å². The molecule has 0 amide bonds. The zero-order valence-electron chi connectivity index (χ0n) is 11.1. The van der Waals surface area contributed by atoms with Crippen LogP contribution in [0.3, 0.4) is 0 Å². The van der Waals surface area contributed by atoms with Crippen molar-refractivity contribution in [3.63, 3.8) is 0 Å². The van der Waals surface area contributed by atoms with Gasteiger partial charge in [0.25, 0.3) is 0 Å². The molecule has 3 N–H and O–H groups in total. The lowest BCUT2D eigenvalue weighted by molar-refractivity contribution is -0.142. The zero-order valence-corrected chi connectivity index (χ0v) is 11.1. The lowest BCUT2D eigenvalue weighted by atomic mass is 9.90. The minimum Gasteiger partial charge on any atom is -0.480 e. The van der Waals surface area contributed by atoms with Crippen molar-refractivity contribution in [1.82, 2.24) is 19.9 Å². The Hall–Kier alpha value is -2.18. The number of rotatable bonds is 3. The fourth-order valence-corrected chi connectivity index (χ4v) is 2.81. The van der Waals surface area contributed by atoms with Crippen molar-refractivity contribution in [3.05, 3.63) is 12.7 Å². The average Bonchev–Trinajstić information content (AvgIpc) is 2.79. The van der Waals surface area contributed by atoms with Gasteiger partial charge < -0.3 is 15.4 Å². The molecule has 2 aromatic heterocycles. The molecule has 0 spiro atoms. The molecule has 0 aliphatic heterocycles. The second kappa shape index (κ2) is 5.07. The number of nitrogens with zero attached hydrogens (tertiary/aromatic N) is 3. The summed E-state index contributed by atoms with van der Waals surface area (Å²) in [5, 5.41) is 12.8. The van der Waals surface area contributed by atoms with Gasteiger partial charge in [-0.3, -0.25) is 0 Å². The number of hydrogen-bond acceptors (Lipinski definition) is 5. The maximum atomic E-state index is 11.8. The lowest BCUT2D eigenvalue weighted by Crippen LogP contribution is -2.46. The van der Waals surface area contributed by atoms with Gasteiger partial charge in [-0.25, -0.2) is 19.7 Å². The molecule has 106 valence electrons. The molecular formula is C13H17N5O2. The molecule has 1 fully saturated rings. The highest BCUT2D eigenvalue weighted by atomic mass is 16.4. The number of aliphatic carboxylic acids is 1. The van der Waals surface area contributed by atoms with E-state index in [2.05, 4.69) is 25.3 Å². The van der Waals surface area contributed by atoms with Crippen LogP contribution in [0.25, 0.3) is 11.2 Å². The van der Waals surface area contributed by atoms with E-state index in [-0.39, 0.29) is 0 Å². The quantitative estimate of drug-likeness (QED) is 0.739. The van der Waals surface area contributed by atoms with Gasteiger partial charge in [-0.05, 0) is 12.8 Å². The standard InChI is InChI=1S/C13H17N5O2/c19-12(20)13(5-3-1-2-4-6-13)18-11-9-10(15-7-14-9)16-8-17-11/h7-8H,1-6H2,(H,19,20)(H2,14,15,16,17,18). The molecule has 20 heavy (non-hydrogen) atoms. The summed E-state index contributed by atoms with van der Waals surface area (Å²) < 4.78 is 0. The molecule has 7 nitrogen and oxygen atoms in total. The summed E-state index contributed by atoms with van der Waals surface area (Å²) in [6.07, 6.45) is 8.15. The first-order valence-corrected chi connectivity index (χ1v) is 6.87. The molecule has 0 saturated heterocycles. The first kappa shape index (κ1) is 12.8. The maximum Gasteiger partial charge on any atom is 0.329 e. The van der Waals surface area contributed by atoms with Crippen LogP contribution in [0, 0.1) is 0 Å². The van der Waals surface area contributed by atoms with Gasteiger partial charge in [0.2, 0.25) is 0 Å². The summed E-state index contributed by atoms with van der Waals surface area (Å²) in [6, 6.07) is 0. The van der Waals surface area contributed by atoms with Gasteiger partial charge in [-0.1, -0.05) is 25.7 Å². The van der Waals surface area contributed by atoms with Crippen molar-refractivity contribution in [2.75, 3.05) is 5.32 Å². The lowest BCUT2D eigenvalue weighted by Gasteiger charge is -2.29. The number of H-pyrrole nitrogens is 1. The van der Waals surface area contributed by atoms with Gasteiger partial charge in [-0.2, -0.15) is 0 Å². The predicted octanol–water partition coefficient (Wildman–Crippen LogP) is 1.94. The van der Waals surface area contributed by atoms with Gasteiger partial charge in [0.05, 0.1) is 6.33 Å². The van der Waals surface area contributed by atoms with Crippen LogP contribution < -0.4 is 5.32 Å². The Bertz CT molecular complexity index is 616. The molecule has 3 rings (SSSR count). The third-order valence-corrected chi connectivity index (χ3v) is 3.95. The summed E-state index contributed by atoms with van der Waals surface area (Å²) in [5.41, 5.74) is 0.247. The SMILES string of the molecule is O=C(O)C1(Nc2ncnc3nc[nH]c23)CCCCCC1. The Kier molecular flexibility index (Phi) is 3.25. The first-order valence-electron chi connectivity index (χ1n) is 6.87. The zero-order chi connectivity index (χ0) is 14.0. The monoisotopic (exact) mass is 275 g/mol. The molecule has 0 unspecified atom stereocenters. The molecule has 7 heteroatoms. The number of fused-ring (bicyclic) bond motifs is 1. The molecule has 0 aromatic carbocycles. The average molecular weight is 275 g/mol. The van der Waals surface area contributed by atoms with E-state index in [1.54, 1.807) is 0 Å². The first-order chi connectivity index (χ1) is 9.71. The number of nitrogens with one attached hydrogen (secondary N) is 2. The summed E-state index contributed by atoms with van der Waals surface area (Å²) in [4.78, 5) is 27.0.